The van der Waals surface area contributed by atoms with E-state index in [1.807, 2.05) is 0 Å². The van der Waals surface area contributed by atoms with E-state index in [-0.39, 0.29) is 16.2 Å². The Morgan fingerprint density at radius 1 is 0.568 bits per heavy atom. The van der Waals surface area contributed by atoms with E-state index in [4.69, 9.17) is 0 Å². The zero-order valence-corrected chi connectivity index (χ0v) is 25.5. The van der Waals surface area contributed by atoms with Crippen molar-refractivity contribution in [3.63, 3.8) is 0 Å². The molecule has 198 valence electrons. The molecule has 1 unspecified atom stereocenters. The van der Waals surface area contributed by atoms with Crippen molar-refractivity contribution in [3.8, 4) is 5.69 Å². The van der Waals surface area contributed by atoms with E-state index in [1.54, 1.807) is 0 Å². The normalized spacial score (nSPS) is 14.5. The highest BCUT2D eigenvalue weighted by Gasteiger charge is 2.30. The van der Waals surface area contributed by atoms with Gasteiger partial charge in [0.2, 0.25) is 0 Å². The van der Waals surface area contributed by atoms with Gasteiger partial charge in [-0.1, -0.05) is 107 Å². The maximum atomic E-state index is 2.46. The summed E-state index contributed by atoms with van der Waals surface area (Å²) in [6.07, 6.45) is 1.18. The SMILES string of the molecule is CC(C)(C)CC(c1ccc(-n2c3ccc(C(C)(C)C)cc3c3cc(C(C)(C)C)ccc32)cc1)C(C)(C)C. The van der Waals surface area contributed by atoms with Crippen LogP contribution in [0, 0.1) is 10.8 Å². The first-order valence-corrected chi connectivity index (χ1v) is 14.1. The number of fused-ring (bicyclic) bond motifs is 3. The smallest absolute Gasteiger partial charge is 0.0541 e. The summed E-state index contributed by atoms with van der Waals surface area (Å²) in [4.78, 5) is 0. The van der Waals surface area contributed by atoms with E-state index >= 15 is 0 Å². The lowest BCUT2D eigenvalue weighted by molar-refractivity contribution is 0.229. The third-order valence-corrected chi connectivity index (χ3v) is 7.91. The first-order valence-electron chi connectivity index (χ1n) is 14.1. The highest BCUT2D eigenvalue weighted by Crippen LogP contribution is 2.44. The van der Waals surface area contributed by atoms with Crippen molar-refractivity contribution in [2.24, 2.45) is 10.8 Å². The fourth-order valence-corrected chi connectivity index (χ4v) is 5.63. The molecule has 0 saturated carbocycles. The molecular formula is C36H49N. The molecule has 1 heteroatoms. The van der Waals surface area contributed by atoms with Gasteiger partial charge in [-0.15, -0.1) is 0 Å². The van der Waals surface area contributed by atoms with Crippen molar-refractivity contribution >= 4 is 21.8 Å². The van der Waals surface area contributed by atoms with Crippen molar-refractivity contribution in [2.75, 3.05) is 0 Å². The van der Waals surface area contributed by atoms with Crippen LogP contribution in [0.15, 0.2) is 60.7 Å². The second kappa shape index (κ2) is 9.04. The van der Waals surface area contributed by atoms with Gasteiger partial charge in [0.15, 0.2) is 0 Å². The molecule has 0 bridgehead atoms. The number of rotatable bonds is 3. The quantitative estimate of drug-likeness (QED) is 0.266. The first-order chi connectivity index (χ1) is 16.9. The summed E-state index contributed by atoms with van der Waals surface area (Å²) < 4.78 is 2.46. The topological polar surface area (TPSA) is 4.93 Å². The minimum absolute atomic E-state index is 0.112. The van der Waals surface area contributed by atoms with Crippen LogP contribution in [0.5, 0.6) is 0 Å². The number of hydrogen-bond donors (Lipinski definition) is 0. The predicted molar refractivity (Wildman–Crippen MR) is 164 cm³/mol. The summed E-state index contributed by atoms with van der Waals surface area (Å²) in [6.45, 7) is 28.0. The summed E-state index contributed by atoms with van der Waals surface area (Å²) in [7, 11) is 0. The fraction of sp³-hybridized carbons (Fsp3) is 0.500. The lowest BCUT2D eigenvalue weighted by atomic mass is 9.69. The Bertz CT molecular complexity index is 1330. The molecule has 1 heterocycles. The zero-order valence-electron chi connectivity index (χ0n) is 25.5. The lowest BCUT2D eigenvalue weighted by Crippen LogP contribution is -2.23. The monoisotopic (exact) mass is 495 g/mol. The maximum absolute atomic E-state index is 2.46. The Balaban J connectivity index is 1.92. The Labute approximate surface area is 226 Å². The summed E-state index contributed by atoms with van der Waals surface area (Å²) in [5, 5.41) is 2.69. The molecule has 0 amide bonds. The number of aromatic nitrogens is 1. The Kier molecular flexibility index (Phi) is 6.72. The van der Waals surface area contributed by atoms with Gasteiger partial charge < -0.3 is 4.57 Å². The second-order valence-electron chi connectivity index (χ2n) is 15.6. The summed E-state index contributed by atoms with van der Waals surface area (Å²) >= 11 is 0. The van der Waals surface area contributed by atoms with Gasteiger partial charge in [0, 0.05) is 16.5 Å². The second-order valence-corrected chi connectivity index (χ2v) is 15.6. The van der Waals surface area contributed by atoms with Crippen LogP contribution in [-0.4, -0.2) is 4.57 Å². The molecule has 0 fully saturated rings. The van der Waals surface area contributed by atoms with Crippen LogP contribution in [-0.2, 0) is 10.8 Å². The molecule has 1 aromatic heterocycles. The number of benzene rings is 3. The highest BCUT2D eigenvalue weighted by atomic mass is 15.0. The highest BCUT2D eigenvalue weighted by molar-refractivity contribution is 6.09. The Morgan fingerprint density at radius 3 is 1.35 bits per heavy atom. The number of nitrogens with zero attached hydrogens (tertiary/aromatic N) is 1. The van der Waals surface area contributed by atoms with E-state index < -0.39 is 0 Å². The van der Waals surface area contributed by atoms with Gasteiger partial charge in [-0.05, 0) is 87.1 Å². The van der Waals surface area contributed by atoms with Gasteiger partial charge in [-0.2, -0.15) is 0 Å². The number of hydrogen-bond acceptors (Lipinski definition) is 0. The summed E-state index contributed by atoms with van der Waals surface area (Å²) in [6, 6.07) is 23.6. The summed E-state index contributed by atoms with van der Waals surface area (Å²) in [5.74, 6) is 0.517. The fourth-order valence-electron chi connectivity index (χ4n) is 5.63. The molecule has 0 aliphatic carbocycles. The lowest BCUT2D eigenvalue weighted by Gasteiger charge is -2.36. The van der Waals surface area contributed by atoms with Crippen molar-refractivity contribution in [3.05, 3.63) is 77.4 Å². The van der Waals surface area contributed by atoms with Gasteiger partial charge in [0.25, 0.3) is 0 Å². The van der Waals surface area contributed by atoms with Gasteiger partial charge in [-0.25, -0.2) is 0 Å². The minimum Gasteiger partial charge on any atom is -0.309 e. The summed E-state index contributed by atoms with van der Waals surface area (Å²) in [5.41, 5.74) is 8.73. The molecule has 0 N–H and O–H groups in total. The molecule has 1 nitrogen and oxygen atoms in total. The third-order valence-electron chi connectivity index (χ3n) is 7.91. The molecule has 0 aliphatic rings. The molecule has 4 aromatic rings. The van der Waals surface area contributed by atoms with Crippen molar-refractivity contribution in [1.82, 2.24) is 4.57 Å². The van der Waals surface area contributed by atoms with Crippen LogP contribution in [0.4, 0.5) is 0 Å². The average molecular weight is 496 g/mol. The molecule has 0 aliphatic heterocycles. The molecular weight excluding hydrogens is 446 g/mol. The molecule has 0 radical (unpaired) electrons. The molecule has 0 spiro atoms. The predicted octanol–water partition coefficient (Wildman–Crippen LogP) is 10.9. The van der Waals surface area contributed by atoms with E-state index in [1.165, 1.54) is 50.6 Å². The van der Waals surface area contributed by atoms with Crippen molar-refractivity contribution in [2.45, 2.75) is 106 Å². The largest absolute Gasteiger partial charge is 0.309 e. The minimum atomic E-state index is 0.112. The van der Waals surface area contributed by atoms with Crippen molar-refractivity contribution in [1.29, 1.82) is 0 Å². The molecule has 0 saturated heterocycles. The Hall–Kier alpha value is -2.54. The van der Waals surface area contributed by atoms with E-state index in [0.717, 1.165) is 0 Å². The van der Waals surface area contributed by atoms with Gasteiger partial charge in [0.1, 0.15) is 0 Å². The molecule has 4 rings (SSSR count). The molecule has 1 atom stereocenters. The van der Waals surface area contributed by atoms with E-state index in [0.29, 0.717) is 11.3 Å². The van der Waals surface area contributed by atoms with Crippen LogP contribution in [0.1, 0.15) is 112 Å². The standard InChI is InChI=1S/C36H49N/c1-33(2,3)23-30(36(10,11)12)24-13-17-27(18-14-24)37-31-19-15-25(34(4,5)6)21-28(31)29-22-26(35(7,8)9)16-20-32(29)37/h13-22,30H,23H2,1-12H3. The Morgan fingerprint density at radius 2 is 1.00 bits per heavy atom. The van der Waals surface area contributed by atoms with Crippen LogP contribution in [0.2, 0.25) is 0 Å². The van der Waals surface area contributed by atoms with Gasteiger partial charge in [-0.3, -0.25) is 0 Å². The maximum Gasteiger partial charge on any atom is 0.0541 e. The van der Waals surface area contributed by atoms with Crippen LogP contribution in [0.25, 0.3) is 27.5 Å². The molecule has 37 heavy (non-hydrogen) atoms. The van der Waals surface area contributed by atoms with E-state index in [2.05, 4.69) is 148 Å². The first kappa shape index (κ1) is 27.5. The third kappa shape index (κ3) is 5.66. The van der Waals surface area contributed by atoms with Crippen LogP contribution < -0.4 is 0 Å². The zero-order chi connectivity index (χ0) is 27.6. The van der Waals surface area contributed by atoms with Gasteiger partial charge in [0.05, 0.1) is 11.0 Å². The molecule has 3 aromatic carbocycles. The van der Waals surface area contributed by atoms with E-state index in [9.17, 15) is 0 Å². The van der Waals surface area contributed by atoms with Crippen molar-refractivity contribution < 1.29 is 0 Å². The van der Waals surface area contributed by atoms with Crippen LogP contribution in [0.3, 0.4) is 0 Å². The van der Waals surface area contributed by atoms with Gasteiger partial charge >= 0.3 is 0 Å². The average Bonchev–Trinajstić information content (AvgIpc) is 3.08. The van der Waals surface area contributed by atoms with Crippen LogP contribution >= 0.6 is 0 Å².